The summed E-state index contributed by atoms with van der Waals surface area (Å²) in [5.74, 6) is 0.983. The van der Waals surface area contributed by atoms with Crippen LogP contribution in [-0.4, -0.2) is 39.6 Å². The lowest BCUT2D eigenvalue weighted by atomic mass is 10.1. The van der Waals surface area contributed by atoms with Gasteiger partial charge in [0, 0.05) is 44.3 Å². The fourth-order valence-electron chi connectivity index (χ4n) is 3.37. The summed E-state index contributed by atoms with van der Waals surface area (Å²) in [6.45, 7) is 1.73. The van der Waals surface area contributed by atoms with Gasteiger partial charge in [-0.25, -0.2) is 4.98 Å². The molecule has 0 saturated carbocycles. The lowest BCUT2D eigenvalue weighted by molar-refractivity contribution is -0.133. The van der Waals surface area contributed by atoms with E-state index in [1.807, 2.05) is 39.9 Å². The molecule has 1 aliphatic rings. The van der Waals surface area contributed by atoms with Gasteiger partial charge in [-0.15, -0.1) is 11.3 Å². The van der Waals surface area contributed by atoms with E-state index in [1.165, 1.54) is 10.9 Å². The molecule has 1 amide bonds. The van der Waals surface area contributed by atoms with Gasteiger partial charge in [-0.2, -0.15) is 0 Å². The molecule has 0 unspecified atom stereocenters. The Morgan fingerprint density at radius 3 is 2.81 bits per heavy atom. The third-order valence-corrected chi connectivity index (χ3v) is 5.55. The molecule has 6 nitrogen and oxygen atoms in total. The second kappa shape index (κ2) is 7.92. The smallest absolute Gasteiger partial charge is 0.261 e. The first-order chi connectivity index (χ1) is 13.2. The van der Waals surface area contributed by atoms with Gasteiger partial charge in [0.2, 0.25) is 5.91 Å². The first-order valence-electron chi connectivity index (χ1n) is 9.11. The summed E-state index contributed by atoms with van der Waals surface area (Å²) >= 11 is 1.62. The third kappa shape index (κ3) is 4.03. The van der Waals surface area contributed by atoms with E-state index in [9.17, 15) is 9.59 Å². The van der Waals surface area contributed by atoms with E-state index < -0.39 is 0 Å². The number of benzene rings is 1. The standard InChI is InChI=1S/C20H21N3O3S/c24-19(22-9-5-15(6-10-22)26-16-8-12-27-13-16)7-11-23-14-21-18-4-2-1-3-17(18)20(23)25/h1-4,8,12-15H,5-7,9-11H2. The van der Waals surface area contributed by atoms with Crippen LogP contribution in [0.3, 0.4) is 0 Å². The van der Waals surface area contributed by atoms with Crippen molar-refractivity contribution in [3.05, 3.63) is 57.8 Å². The number of hydrogen-bond acceptors (Lipinski definition) is 5. The highest BCUT2D eigenvalue weighted by Gasteiger charge is 2.24. The van der Waals surface area contributed by atoms with Gasteiger partial charge in [0.25, 0.3) is 5.56 Å². The Balaban J connectivity index is 1.31. The Morgan fingerprint density at radius 2 is 2.04 bits per heavy atom. The van der Waals surface area contributed by atoms with Crippen LogP contribution in [0.25, 0.3) is 10.9 Å². The molecule has 140 valence electrons. The number of para-hydroxylation sites is 1. The van der Waals surface area contributed by atoms with E-state index >= 15 is 0 Å². The molecule has 0 N–H and O–H groups in total. The Bertz CT molecular complexity index is 976. The van der Waals surface area contributed by atoms with Gasteiger partial charge in [0.05, 0.1) is 17.2 Å². The number of likely N-dealkylation sites (tertiary alicyclic amines) is 1. The van der Waals surface area contributed by atoms with E-state index in [2.05, 4.69) is 4.98 Å². The summed E-state index contributed by atoms with van der Waals surface area (Å²) < 4.78 is 7.45. The van der Waals surface area contributed by atoms with Crippen LogP contribution < -0.4 is 10.3 Å². The largest absolute Gasteiger partial charge is 0.489 e. The van der Waals surface area contributed by atoms with Crippen LogP contribution in [0.5, 0.6) is 5.75 Å². The molecule has 3 aromatic rings. The molecular formula is C20H21N3O3S. The number of piperidine rings is 1. The average Bonchev–Trinajstić information content (AvgIpc) is 3.21. The maximum atomic E-state index is 12.5. The molecule has 1 aliphatic heterocycles. The molecule has 4 rings (SSSR count). The summed E-state index contributed by atoms with van der Waals surface area (Å²) in [5.41, 5.74) is 0.578. The molecule has 0 spiro atoms. The zero-order chi connectivity index (χ0) is 18.6. The van der Waals surface area contributed by atoms with Crippen LogP contribution in [0, 0.1) is 0 Å². The molecule has 3 heterocycles. The fourth-order valence-corrected chi connectivity index (χ4v) is 3.93. The second-order valence-corrected chi connectivity index (χ2v) is 7.45. The van der Waals surface area contributed by atoms with Gasteiger partial charge in [0.1, 0.15) is 11.9 Å². The second-order valence-electron chi connectivity index (χ2n) is 6.67. The van der Waals surface area contributed by atoms with E-state index in [1.54, 1.807) is 17.4 Å². The molecule has 0 aliphatic carbocycles. The third-order valence-electron chi connectivity index (χ3n) is 4.89. The van der Waals surface area contributed by atoms with Gasteiger partial charge in [0.15, 0.2) is 0 Å². The zero-order valence-electron chi connectivity index (χ0n) is 14.9. The number of nitrogens with zero attached hydrogens (tertiary/aromatic N) is 3. The highest BCUT2D eigenvalue weighted by Crippen LogP contribution is 2.21. The van der Waals surface area contributed by atoms with Crippen molar-refractivity contribution in [1.29, 1.82) is 0 Å². The normalized spacial score (nSPS) is 15.2. The first kappa shape index (κ1) is 17.7. The van der Waals surface area contributed by atoms with Crippen molar-refractivity contribution >= 4 is 28.1 Å². The van der Waals surface area contributed by atoms with Crippen LogP contribution >= 0.6 is 11.3 Å². The molecule has 7 heteroatoms. The molecule has 0 atom stereocenters. The SMILES string of the molecule is O=C(CCn1cnc2ccccc2c1=O)N1CCC(Oc2ccsc2)CC1. The first-order valence-corrected chi connectivity index (χ1v) is 10.1. The van der Waals surface area contributed by atoms with Crippen molar-refractivity contribution in [1.82, 2.24) is 14.5 Å². The number of aryl methyl sites for hydroxylation is 1. The van der Waals surface area contributed by atoms with Crippen molar-refractivity contribution in [3.63, 3.8) is 0 Å². The Hall–Kier alpha value is -2.67. The lowest BCUT2D eigenvalue weighted by Crippen LogP contribution is -2.42. The van der Waals surface area contributed by atoms with E-state index in [-0.39, 0.29) is 17.6 Å². The van der Waals surface area contributed by atoms with Crippen LogP contribution in [0.1, 0.15) is 19.3 Å². The Morgan fingerprint density at radius 1 is 1.22 bits per heavy atom. The number of amides is 1. The van der Waals surface area contributed by atoms with Crippen molar-refractivity contribution in [2.45, 2.75) is 31.9 Å². The Labute approximate surface area is 161 Å². The minimum Gasteiger partial charge on any atom is -0.489 e. The molecule has 1 fully saturated rings. The maximum absolute atomic E-state index is 12.5. The van der Waals surface area contributed by atoms with E-state index in [4.69, 9.17) is 4.74 Å². The summed E-state index contributed by atoms with van der Waals surface area (Å²) in [7, 11) is 0. The molecule has 1 saturated heterocycles. The van der Waals surface area contributed by atoms with Crippen LogP contribution in [0.15, 0.2) is 52.2 Å². The molecule has 1 aromatic carbocycles. The van der Waals surface area contributed by atoms with E-state index in [0.717, 1.165) is 18.6 Å². The van der Waals surface area contributed by atoms with Gasteiger partial charge in [-0.05, 0) is 23.6 Å². The van der Waals surface area contributed by atoms with Gasteiger partial charge < -0.3 is 9.64 Å². The predicted octanol–water partition coefficient (Wildman–Crippen LogP) is 2.92. The minimum atomic E-state index is -0.101. The molecular weight excluding hydrogens is 362 g/mol. The van der Waals surface area contributed by atoms with Crippen LogP contribution in [0.2, 0.25) is 0 Å². The molecule has 2 aromatic heterocycles. The highest BCUT2D eigenvalue weighted by molar-refractivity contribution is 7.08. The number of ether oxygens (including phenoxy) is 1. The number of thiophene rings is 1. The lowest BCUT2D eigenvalue weighted by Gasteiger charge is -2.32. The van der Waals surface area contributed by atoms with E-state index in [0.29, 0.717) is 37.0 Å². The predicted molar refractivity (Wildman–Crippen MR) is 105 cm³/mol. The monoisotopic (exact) mass is 383 g/mol. The van der Waals surface area contributed by atoms with Crippen LogP contribution in [-0.2, 0) is 11.3 Å². The van der Waals surface area contributed by atoms with Crippen molar-refractivity contribution < 1.29 is 9.53 Å². The van der Waals surface area contributed by atoms with Crippen LogP contribution in [0.4, 0.5) is 0 Å². The van der Waals surface area contributed by atoms with Crippen molar-refractivity contribution in [3.8, 4) is 5.75 Å². The fraction of sp³-hybridized carbons (Fsp3) is 0.350. The minimum absolute atomic E-state index is 0.0732. The number of aromatic nitrogens is 2. The summed E-state index contributed by atoms with van der Waals surface area (Å²) in [6.07, 6.45) is 3.66. The summed E-state index contributed by atoms with van der Waals surface area (Å²) in [5, 5.41) is 4.57. The number of carbonyl (C=O) groups is 1. The summed E-state index contributed by atoms with van der Waals surface area (Å²) in [6, 6.07) is 9.23. The maximum Gasteiger partial charge on any atom is 0.261 e. The number of fused-ring (bicyclic) bond motifs is 1. The summed E-state index contributed by atoms with van der Waals surface area (Å²) in [4.78, 5) is 31.2. The molecule has 0 bridgehead atoms. The van der Waals surface area contributed by atoms with Crippen molar-refractivity contribution in [2.75, 3.05) is 13.1 Å². The topological polar surface area (TPSA) is 64.4 Å². The van der Waals surface area contributed by atoms with Crippen molar-refractivity contribution in [2.24, 2.45) is 0 Å². The van der Waals surface area contributed by atoms with Gasteiger partial charge in [-0.3, -0.25) is 14.2 Å². The molecule has 27 heavy (non-hydrogen) atoms. The quantitative estimate of drug-likeness (QED) is 0.680. The molecule has 0 radical (unpaired) electrons. The number of carbonyl (C=O) groups excluding carboxylic acids is 1. The number of rotatable bonds is 5. The van der Waals surface area contributed by atoms with Gasteiger partial charge in [-0.1, -0.05) is 12.1 Å². The highest BCUT2D eigenvalue weighted by atomic mass is 32.1. The zero-order valence-corrected chi connectivity index (χ0v) is 15.7. The van der Waals surface area contributed by atoms with Gasteiger partial charge >= 0.3 is 0 Å². The number of hydrogen-bond donors (Lipinski definition) is 0. The Kier molecular flexibility index (Phi) is 5.20. The average molecular weight is 383 g/mol.